The van der Waals surface area contributed by atoms with Crippen molar-refractivity contribution in [3.63, 3.8) is 0 Å². The van der Waals surface area contributed by atoms with E-state index in [2.05, 4.69) is 10.0 Å². The number of benzene rings is 1. The normalized spacial score (nSPS) is 11.9. The van der Waals surface area contributed by atoms with E-state index < -0.39 is 5.97 Å². The molecular weight excluding hydrogens is 244 g/mol. The van der Waals surface area contributed by atoms with E-state index in [1.165, 1.54) is 0 Å². The molecule has 1 aromatic carbocycles. The molecule has 0 heterocycles. The van der Waals surface area contributed by atoms with Gasteiger partial charge < -0.3 is 5.11 Å². The maximum atomic E-state index is 11.2. The fourth-order valence-corrected chi connectivity index (χ4v) is 2.05. The van der Waals surface area contributed by atoms with E-state index >= 15 is 0 Å². The van der Waals surface area contributed by atoms with Crippen LogP contribution in [0, 0.1) is 0 Å². The smallest absolute Gasteiger partial charge is 0.335 e. The monoisotopic (exact) mass is 262 g/mol. The average Bonchev–Trinajstić information content (AvgIpc) is 2.40. The molecule has 0 bridgehead atoms. The number of aromatic carboxylic acids is 1. The highest BCUT2D eigenvalue weighted by molar-refractivity contribution is 5.89. The average molecular weight is 262 g/mol. The van der Waals surface area contributed by atoms with Crippen molar-refractivity contribution in [3.8, 4) is 0 Å². The third-order valence-electron chi connectivity index (χ3n) is 3.07. The zero-order chi connectivity index (χ0) is 14.3. The molecule has 0 saturated carbocycles. The van der Waals surface area contributed by atoms with Crippen molar-refractivity contribution in [2.45, 2.75) is 26.4 Å². The fraction of sp³-hybridized carbons (Fsp3) is 0.462. The summed E-state index contributed by atoms with van der Waals surface area (Å²) in [6.45, 7) is 5.45. The number of azide groups is 1. The minimum Gasteiger partial charge on any atom is -0.478 e. The number of hydrogen-bond acceptors (Lipinski definition) is 3. The molecule has 1 N–H and O–H groups in total. The van der Waals surface area contributed by atoms with Crippen molar-refractivity contribution in [3.05, 3.63) is 45.8 Å². The van der Waals surface area contributed by atoms with E-state index in [1.807, 2.05) is 18.7 Å². The van der Waals surface area contributed by atoms with Crippen molar-refractivity contribution < 1.29 is 9.90 Å². The van der Waals surface area contributed by atoms with Gasteiger partial charge in [-0.05, 0) is 36.7 Å². The Labute approximate surface area is 112 Å². The second kappa shape index (κ2) is 7.41. The molecule has 0 aromatic heterocycles. The van der Waals surface area contributed by atoms with Crippen LogP contribution < -0.4 is 0 Å². The summed E-state index contributed by atoms with van der Waals surface area (Å²) in [6, 6.07) is 6.80. The highest BCUT2D eigenvalue weighted by Gasteiger charge is 2.18. The molecule has 6 nitrogen and oxygen atoms in total. The molecule has 6 heteroatoms. The Balaban J connectivity index is 3.03. The first-order valence-corrected chi connectivity index (χ1v) is 6.23. The van der Waals surface area contributed by atoms with Gasteiger partial charge in [0.25, 0.3) is 0 Å². The number of carboxylic acid groups (broad SMARTS) is 1. The van der Waals surface area contributed by atoms with Crippen molar-refractivity contribution in [2.24, 2.45) is 5.11 Å². The van der Waals surface area contributed by atoms with Crippen LogP contribution in [-0.2, 0) is 6.42 Å². The van der Waals surface area contributed by atoms with Crippen molar-refractivity contribution in [2.75, 3.05) is 13.1 Å². The first kappa shape index (κ1) is 15.0. The predicted molar refractivity (Wildman–Crippen MR) is 73.0 cm³/mol. The molecule has 19 heavy (non-hydrogen) atoms. The SMILES string of the molecule is CCN(CC)C(Cc1ccccc1C(=O)O)N=[N+]=[N-]. The summed E-state index contributed by atoms with van der Waals surface area (Å²) in [5.74, 6) is -0.963. The van der Waals surface area contributed by atoms with Crippen molar-refractivity contribution in [1.29, 1.82) is 0 Å². The first-order valence-electron chi connectivity index (χ1n) is 6.23. The van der Waals surface area contributed by atoms with E-state index in [9.17, 15) is 4.79 Å². The lowest BCUT2D eigenvalue weighted by molar-refractivity contribution is 0.0695. The molecule has 1 unspecified atom stereocenters. The molecule has 0 saturated heterocycles. The number of hydrogen-bond donors (Lipinski definition) is 1. The Bertz CT molecular complexity index is 479. The van der Waals surface area contributed by atoms with Crippen molar-refractivity contribution >= 4 is 5.97 Å². The van der Waals surface area contributed by atoms with Crippen LogP contribution in [0.3, 0.4) is 0 Å². The van der Waals surface area contributed by atoms with Crippen LogP contribution in [0.4, 0.5) is 0 Å². The lowest BCUT2D eigenvalue weighted by Gasteiger charge is -2.26. The molecule has 0 fully saturated rings. The van der Waals surface area contributed by atoms with Crippen LogP contribution in [0.15, 0.2) is 29.4 Å². The fourth-order valence-electron chi connectivity index (χ4n) is 2.05. The maximum absolute atomic E-state index is 11.2. The van der Waals surface area contributed by atoms with E-state index in [-0.39, 0.29) is 11.7 Å². The van der Waals surface area contributed by atoms with Crippen LogP contribution in [0.1, 0.15) is 29.8 Å². The number of carbonyl (C=O) groups is 1. The Morgan fingerprint density at radius 3 is 2.58 bits per heavy atom. The molecule has 0 amide bonds. The Morgan fingerprint density at radius 1 is 1.42 bits per heavy atom. The van der Waals surface area contributed by atoms with Crippen LogP contribution >= 0.6 is 0 Å². The third kappa shape index (κ3) is 3.98. The summed E-state index contributed by atoms with van der Waals surface area (Å²) in [5.41, 5.74) is 9.59. The molecule has 1 rings (SSSR count). The third-order valence-corrected chi connectivity index (χ3v) is 3.07. The summed E-state index contributed by atoms with van der Waals surface area (Å²) in [4.78, 5) is 16.0. The molecule has 0 radical (unpaired) electrons. The lowest BCUT2D eigenvalue weighted by Crippen LogP contribution is -2.35. The molecule has 1 aromatic rings. The van der Waals surface area contributed by atoms with E-state index in [1.54, 1.807) is 24.3 Å². The summed E-state index contributed by atoms with van der Waals surface area (Å²) >= 11 is 0. The van der Waals surface area contributed by atoms with Gasteiger partial charge in [0.15, 0.2) is 0 Å². The summed E-state index contributed by atoms with van der Waals surface area (Å²) in [6.07, 6.45) is 0.0364. The predicted octanol–water partition coefficient (Wildman–Crippen LogP) is 2.91. The molecule has 0 spiro atoms. The number of likely N-dealkylation sites (N-methyl/N-ethyl adjacent to an activating group) is 1. The van der Waals surface area contributed by atoms with Gasteiger partial charge in [-0.2, -0.15) is 0 Å². The molecular formula is C13H18N4O2. The first-order chi connectivity index (χ1) is 9.13. The number of rotatable bonds is 7. The highest BCUT2D eigenvalue weighted by Crippen LogP contribution is 2.15. The molecule has 0 aliphatic heterocycles. The van der Waals surface area contributed by atoms with Gasteiger partial charge >= 0.3 is 5.97 Å². The summed E-state index contributed by atoms with van der Waals surface area (Å²) in [7, 11) is 0. The summed E-state index contributed by atoms with van der Waals surface area (Å²) in [5, 5.41) is 12.9. The van der Waals surface area contributed by atoms with Gasteiger partial charge in [0, 0.05) is 4.91 Å². The van der Waals surface area contributed by atoms with Crippen LogP contribution in [0.2, 0.25) is 0 Å². The minimum atomic E-state index is -0.963. The van der Waals surface area contributed by atoms with Gasteiger partial charge in [0.05, 0.1) is 11.7 Å². The van der Waals surface area contributed by atoms with Crippen molar-refractivity contribution in [1.82, 2.24) is 4.90 Å². The number of nitrogens with zero attached hydrogens (tertiary/aromatic N) is 4. The molecule has 0 aliphatic carbocycles. The Kier molecular flexibility index (Phi) is 5.85. The molecule has 1 atom stereocenters. The van der Waals surface area contributed by atoms with Gasteiger partial charge in [0.2, 0.25) is 0 Å². The highest BCUT2D eigenvalue weighted by atomic mass is 16.4. The van der Waals surface area contributed by atoms with Gasteiger partial charge in [-0.3, -0.25) is 4.90 Å². The van der Waals surface area contributed by atoms with Crippen LogP contribution in [0.5, 0.6) is 0 Å². The lowest BCUT2D eigenvalue weighted by atomic mass is 10.0. The second-order valence-corrected chi connectivity index (χ2v) is 4.07. The Hall–Kier alpha value is -2.04. The van der Waals surface area contributed by atoms with Gasteiger partial charge in [-0.25, -0.2) is 4.79 Å². The largest absolute Gasteiger partial charge is 0.478 e. The number of carboxylic acids is 1. The van der Waals surface area contributed by atoms with E-state index in [0.717, 1.165) is 13.1 Å². The molecule has 0 aliphatic rings. The van der Waals surface area contributed by atoms with Gasteiger partial charge in [-0.1, -0.05) is 37.2 Å². The molecule has 102 valence electrons. The maximum Gasteiger partial charge on any atom is 0.335 e. The zero-order valence-electron chi connectivity index (χ0n) is 11.2. The quantitative estimate of drug-likeness (QED) is 0.465. The minimum absolute atomic E-state index is 0.257. The topological polar surface area (TPSA) is 89.3 Å². The summed E-state index contributed by atoms with van der Waals surface area (Å²) < 4.78 is 0. The second-order valence-electron chi connectivity index (χ2n) is 4.07. The zero-order valence-corrected chi connectivity index (χ0v) is 11.2. The Morgan fingerprint density at radius 2 is 2.05 bits per heavy atom. The van der Waals surface area contributed by atoms with E-state index in [0.29, 0.717) is 12.0 Å². The van der Waals surface area contributed by atoms with Gasteiger partial charge in [-0.15, -0.1) is 0 Å². The van der Waals surface area contributed by atoms with Crippen LogP contribution in [0.25, 0.3) is 10.4 Å². The van der Waals surface area contributed by atoms with Gasteiger partial charge in [0.1, 0.15) is 0 Å². The van der Waals surface area contributed by atoms with E-state index in [4.69, 9.17) is 10.6 Å². The van der Waals surface area contributed by atoms with Crippen LogP contribution in [-0.4, -0.2) is 35.2 Å². The standard InChI is InChI=1S/C13H18N4O2/c1-3-17(4-2)12(15-16-14)9-10-7-5-6-8-11(10)13(18)19/h5-8,12H,3-4,9H2,1-2H3,(H,18,19).